The van der Waals surface area contributed by atoms with E-state index in [9.17, 15) is 4.79 Å². The summed E-state index contributed by atoms with van der Waals surface area (Å²) in [6.45, 7) is 2.83. The van der Waals surface area contributed by atoms with E-state index in [2.05, 4.69) is 10.6 Å². The van der Waals surface area contributed by atoms with E-state index in [1.54, 1.807) is 0 Å². The average Bonchev–Trinajstić information content (AvgIpc) is 2.59. The fraction of sp³-hybridized carbons (Fsp3) is 0.917. The van der Waals surface area contributed by atoms with Gasteiger partial charge in [0.25, 0.3) is 0 Å². The molecule has 0 aliphatic carbocycles. The monoisotopic (exact) mass is 226 g/mol. The van der Waals surface area contributed by atoms with Gasteiger partial charge in [0.15, 0.2) is 0 Å². The van der Waals surface area contributed by atoms with Crippen molar-refractivity contribution in [2.24, 2.45) is 0 Å². The van der Waals surface area contributed by atoms with Gasteiger partial charge in [-0.1, -0.05) is 0 Å². The van der Waals surface area contributed by atoms with Crippen LogP contribution in [0.3, 0.4) is 0 Å². The molecule has 92 valence electrons. The Morgan fingerprint density at radius 1 is 1.12 bits per heavy atom. The van der Waals surface area contributed by atoms with Crippen molar-refractivity contribution in [1.82, 2.24) is 10.6 Å². The predicted octanol–water partition coefficient (Wildman–Crippen LogP) is 0.814. The van der Waals surface area contributed by atoms with Gasteiger partial charge in [-0.2, -0.15) is 0 Å². The third-order valence-corrected chi connectivity index (χ3v) is 3.39. The van der Waals surface area contributed by atoms with Crippen LogP contribution >= 0.6 is 0 Å². The molecule has 2 rings (SSSR count). The van der Waals surface area contributed by atoms with Gasteiger partial charge in [0, 0.05) is 12.6 Å². The van der Waals surface area contributed by atoms with E-state index in [1.807, 2.05) is 0 Å². The molecule has 2 aliphatic heterocycles. The van der Waals surface area contributed by atoms with Gasteiger partial charge in [-0.05, 0) is 51.6 Å². The molecule has 0 spiro atoms. The second-order valence-electron chi connectivity index (χ2n) is 4.74. The minimum atomic E-state index is -0.190. The molecule has 4 nitrogen and oxygen atoms in total. The Bertz CT molecular complexity index is 219. The SMILES string of the molecule is O=C(NC1CCCNCC1)C1CCCCO1. The third-order valence-electron chi connectivity index (χ3n) is 3.39. The van der Waals surface area contributed by atoms with Crippen LogP contribution in [0.15, 0.2) is 0 Å². The van der Waals surface area contributed by atoms with E-state index in [0.717, 1.165) is 58.2 Å². The van der Waals surface area contributed by atoms with Crippen molar-refractivity contribution >= 4 is 5.91 Å². The summed E-state index contributed by atoms with van der Waals surface area (Å²) < 4.78 is 5.48. The first-order valence-corrected chi connectivity index (χ1v) is 6.49. The van der Waals surface area contributed by atoms with E-state index in [1.165, 1.54) is 0 Å². The van der Waals surface area contributed by atoms with Crippen LogP contribution in [-0.2, 0) is 9.53 Å². The van der Waals surface area contributed by atoms with E-state index in [4.69, 9.17) is 4.74 Å². The molecule has 2 N–H and O–H groups in total. The molecular weight excluding hydrogens is 204 g/mol. The summed E-state index contributed by atoms with van der Waals surface area (Å²) >= 11 is 0. The highest BCUT2D eigenvalue weighted by Crippen LogP contribution is 2.14. The number of carbonyl (C=O) groups excluding carboxylic acids is 1. The molecule has 2 atom stereocenters. The predicted molar refractivity (Wildman–Crippen MR) is 62.2 cm³/mol. The van der Waals surface area contributed by atoms with Crippen molar-refractivity contribution in [2.45, 2.75) is 50.7 Å². The van der Waals surface area contributed by atoms with Crippen LogP contribution in [0.25, 0.3) is 0 Å². The highest BCUT2D eigenvalue weighted by molar-refractivity contribution is 5.81. The van der Waals surface area contributed by atoms with Crippen LogP contribution in [-0.4, -0.2) is 37.7 Å². The van der Waals surface area contributed by atoms with Crippen molar-refractivity contribution in [2.75, 3.05) is 19.7 Å². The van der Waals surface area contributed by atoms with Gasteiger partial charge < -0.3 is 15.4 Å². The zero-order chi connectivity index (χ0) is 11.2. The number of amides is 1. The first-order valence-electron chi connectivity index (χ1n) is 6.49. The Labute approximate surface area is 97.1 Å². The Morgan fingerprint density at radius 3 is 2.88 bits per heavy atom. The summed E-state index contributed by atoms with van der Waals surface area (Å²) in [7, 11) is 0. The molecule has 1 amide bonds. The lowest BCUT2D eigenvalue weighted by Gasteiger charge is -2.24. The molecule has 0 saturated carbocycles. The standard InChI is InChI=1S/C12H22N2O2/c15-12(11-5-1-2-9-16-11)14-10-4-3-7-13-8-6-10/h10-11,13H,1-9H2,(H,14,15). The summed E-state index contributed by atoms with van der Waals surface area (Å²) in [4.78, 5) is 11.9. The van der Waals surface area contributed by atoms with E-state index < -0.39 is 0 Å². The molecule has 16 heavy (non-hydrogen) atoms. The lowest BCUT2D eigenvalue weighted by molar-refractivity contribution is -0.136. The highest BCUT2D eigenvalue weighted by atomic mass is 16.5. The molecule has 2 heterocycles. The van der Waals surface area contributed by atoms with Crippen LogP contribution in [0.2, 0.25) is 0 Å². The smallest absolute Gasteiger partial charge is 0.249 e. The van der Waals surface area contributed by atoms with Gasteiger partial charge in [-0.3, -0.25) is 4.79 Å². The fourth-order valence-electron chi connectivity index (χ4n) is 2.41. The summed E-state index contributed by atoms with van der Waals surface area (Å²) in [5.74, 6) is 0.103. The molecule has 0 aromatic carbocycles. The first kappa shape index (κ1) is 11.9. The number of nitrogens with one attached hydrogen (secondary N) is 2. The maximum atomic E-state index is 11.9. The minimum Gasteiger partial charge on any atom is -0.368 e. The summed E-state index contributed by atoms with van der Waals surface area (Å²) in [6.07, 6.45) is 6.18. The van der Waals surface area contributed by atoms with Gasteiger partial charge in [0.2, 0.25) is 5.91 Å². The lowest BCUT2D eigenvalue weighted by Crippen LogP contribution is -2.43. The topological polar surface area (TPSA) is 50.4 Å². The molecule has 2 fully saturated rings. The van der Waals surface area contributed by atoms with Crippen molar-refractivity contribution in [3.05, 3.63) is 0 Å². The molecule has 0 aromatic heterocycles. The van der Waals surface area contributed by atoms with Crippen molar-refractivity contribution in [3.8, 4) is 0 Å². The first-order chi connectivity index (χ1) is 7.86. The number of hydrogen-bond acceptors (Lipinski definition) is 3. The van der Waals surface area contributed by atoms with Gasteiger partial charge in [-0.15, -0.1) is 0 Å². The zero-order valence-corrected chi connectivity index (χ0v) is 9.84. The lowest BCUT2D eigenvalue weighted by atomic mass is 10.1. The third kappa shape index (κ3) is 3.46. The molecule has 2 aliphatic rings. The van der Waals surface area contributed by atoms with E-state index in [-0.39, 0.29) is 12.0 Å². The molecule has 0 bridgehead atoms. The van der Waals surface area contributed by atoms with Crippen molar-refractivity contribution in [1.29, 1.82) is 0 Å². The molecule has 2 unspecified atom stereocenters. The van der Waals surface area contributed by atoms with E-state index in [0.29, 0.717) is 6.04 Å². The Hall–Kier alpha value is -0.610. The van der Waals surface area contributed by atoms with Gasteiger partial charge in [0.05, 0.1) is 0 Å². The molecule has 4 heteroatoms. The maximum absolute atomic E-state index is 11.9. The van der Waals surface area contributed by atoms with Gasteiger partial charge >= 0.3 is 0 Å². The van der Waals surface area contributed by atoms with Crippen molar-refractivity contribution in [3.63, 3.8) is 0 Å². The normalized spacial score (nSPS) is 31.8. The molecular formula is C12H22N2O2. The maximum Gasteiger partial charge on any atom is 0.249 e. The van der Waals surface area contributed by atoms with Crippen LogP contribution in [0.5, 0.6) is 0 Å². The number of ether oxygens (including phenoxy) is 1. The second-order valence-corrected chi connectivity index (χ2v) is 4.74. The van der Waals surface area contributed by atoms with Crippen LogP contribution in [0.1, 0.15) is 38.5 Å². The summed E-state index contributed by atoms with van der Waals surface area (Å²) in [5.41, 5.74) is 0. The van der Waals surface area contributed by atoms with Crippen LogP contribution < -0.4 is 10.6 Å². The minimum absolute atomic E-state index is 0.103. The summed E-state index contributed by atoms with van der Waals surface area (Å²) in [5, 5.41) is 6.47. The second kappa shape index (κ2) is 6.21. The largest absolute Gasteiger partial charge is 0.368 e. The van der Waals surface area contributed by atoms with E-state index >= 15 is 0 Å². The van der Waals surface area contributed by atoms with Crippen LogP contribution in [0.4, 0.5) is 0 Å². The van der Waals surface area contributed by atoms with Gasteiger partial charge in [0.1, 0.15) is 6.10 Å². The molecule has 2 saturated heterocycles. The average molecular weight is 226 g/mol. The zero-order valence-electron chi connectivity index (χ0n) is 9.84. The van der Waals surface area contributed by atoms with Gasteiger partial charge in [-0.25, -0.2) is 0 Å². The highest BCUT2D eigenvalue weighted by Gasteiger charge is 2.24. The Balaban J connectivity index is 1.76. The number of hydrogen-bond donors (Lipinski definition) is 2. The summed E-state index contributed by atoms with van der Waals surface area (Å²) in [6, 6.07) is 0.341. The van der Waals surface area contributed by atoms with Crippen LogP contribution in [0, 0.1) is 0 Å². The Morgan fingerprint density at radius 2 is 2.06 bits per heavy atom. The quantitative estimate of drug-likeness (QED) is 0.732. The fourth-order valence-corrected chi connectivity index (χ4v) is 2.41. The Kier molecular flexibility index (Phi) is 4.60. The number of rotatable bonds is 2. The van der Waals surface area contributed by atoms with Crippen molar-refractivity contribution < 1.29 is 9.53 Å². The molecule has 0 radical (unpaired) electrons. The molecule has 0 aromatic rings. The number of carbonyl (C=O) groups is 1.